The molecule has 2 N–H and O–H groups in total. The fourth-order valence-electron chi connectivity index (χ4n) is 2.86. The van der Waals surface area contributed by atoms with Gasteiger partial charge in [0.15, 0.2) is 0 Å². The van der Waals surface area contributed by atoms with Crippen molar-refractivity contribution in [3.8, 4) is 0 Å². The summed E-state index contributed by atoms with van der Waals surface area (Å²) in [5.41, 5.74) is 3.95. The number of fused-ring (bicyclic) bond motifs is 1. The van der Waals surface area contributed by atoms with Crippen molar-refractivity contribution in [3.05, 3.63) is 35.2 Å². The number of aryl methyl sites for hydroxylation is 2. The van der Waals surface area contributed by atoms with E-state index in [2.05, 4.69) is 15.3 Å². The smallest absolute Gasteiger partial charge is 0.251 e. The van der Waals surface area contributed by atoms with Gasteiger partial charge in [-0.05, 0) is 57.7 Å². The molecule has 5 nitrogen and oxygen atoms in total. The summed E-state index contributed by atoms with van der Waals surface area (Å²) in [4.78, 5) is 21.3. The number of nitrogens with one attached hydrogen (secondary N) is 1. The van der Waals surface area contributed by atoms with Crippen LogP contribution >= 0.6 is 0 Å². The highest BCUT2D eigenvalue weighted by Crippen LogP contribution is 2.19. The van der Waals surface area contributed by atoms with Crippen molar-refractivity contribution >= 4 is 16.9 Å². The minimum Gasteiger partial charge on any atom is -0.393 e. The normalized spacial score (nSPS) is 21.8. The predicted octanol–water partition coefficient (Wildman–Crippen LogP) is 2.28. The Morgan fingerprint density at radius 1 is 1.09 bits per heavy atom. The van der Waals surface area contributed by atoms with Crippen molar-refractivity contribution in [3.63, 3.8) is 0 Å². The number of aromatic nitrogens is 2. The van der Waals surface area contributed by atoms with Crippen LogP contribution < -0.4 is 5.32 Å². The highest BCUT2D eigenvalue weighted by atomic mass is 16.3. The molecule has 1 aromatic heterocycles. The van der Waals surface area contributed by atoms with Crippen LogP contribution in [0.25, 0.3) is 11.0 Å². The van der Waals surface area contributed by atoms with E-state index in [1.54, 1.807) is 12.1 Å². The number of benzene rings is 1. The molecule has 0 bridgehead atoms. The number of hydrogen-bond acceptors (Lipinski definition) is 4. The van der Waals surface area contributed by atoms with E-state index in [4.69, 9.17) is 0 Å². The third-order valence-electron chi connectivity index (χ3n) is 4.37. The maximum absolute atomic E-state index is 12.4. The Kier molecular flexibility index (Phi) is 4.07. The van der Waals surface area contributed by atoms with E-state index >= 15 is 0 Å². The van der Waals surface area contributed by atoms with Gasteiger partial charge >= 0.3 is 0 Å². The number of nitrogens with zero attached hydrogens (tertiary/aromatic N) is 2. The fraction of sp³-hybridized carbons (Fsp3) is 0.471. The van der Waals surface area contributed by atoms with E-state index in [0.717, 1.165) is 48.1 Å². The van der Waals surface area contributed by atoms with E-state index in [1.807, 2.05) is 19.9 Å². The first-order chi connectivity index (χ1) is 10.5. The van der Waals surface area contributed by atoms with Gasteiger partial charge in [0.05, 0.1) is 28.5 Å². The summed E-state index contributed by atoms with van der Waals surface area (Å²) in [6, 6.07) is 5.58. The van der Waals surface area contributed by atoms with E-state index in [9.17, 15) is 9.90 Å². The van der Waals surface area contributed by atoms with Crippen LogP contribution in [0.1, 0.15) is 47.4 Å². The van der Waals surface area contributed by atoms with Gasteiger partial charge in [0.2, 0.25) is 0 Å². The van der Waals surface area contributed by atoms with Gasteiger partial charge in [0.1, 0.15) is 0 Å². The van der Waals surface area contributed by atoms with Crippen molar-refractivity contribution in [2.24, 2.45) is 0 Å². The van der Waals surface area contributed by atoms with Crippen LogP contribution in [-0.4, -0.2) is 33.1 Å². The molecule has 5 heteroatoms. The average Bonchev–Trinajstić information content (AvgIpc) is 2.50. The van der Waals surface area contributed by atoms with Crippen LogP contribution in [0.5, 0.6) is 0 Å². The fourth-order valence-corrected chi connectivity index (χ4v) is 2.86. The van der Waals surface area contributed by atoms with Crippen molar-refractivity contribution < 1.29 is 9.90 Å². The first-order valence-electron chi connectivity index (χ1n) is 7.77. The van der Waals surface area contributed by atoms with Crippen LogP contribution in [0.2, 0.25) is 0 Å². The molecule has 0 radical (unpaired) electrons. The van der Waals surface area contributed by atoms with Crippen molar-refractivity contribution in [1.29, 1.82) is 0 Å². The first-order valence-corrected chi connectivity index (χ1v) is 7.77. The molecule has 3 rings (SSSR count). The molecule has 1 aliphatic rings. The molecule has 2 aromatic rings. The zero-order valence-electron chi connectivity index (χ0n) is 13.0. The lowest BCUT2D eigenvalue weighted by atomic mass is 9.93. The molecule has 0 unspecified atom stereocenters. The van der Waals surface area contributed by atoms with Crippen LogP contribution in [0, 0.1) is 13.8 Å². The Morgan fingerprint density at radius 3 is 2.41 bits per heavy atom. The van der Waals surface area contributed by atoms with Crippen LogP contribution in [0.3, 0.4) is 0 Å². The quantitative estimate of drug-likeness (QED) is 0.892. The molecule has 1 amide bonds. The summed E-state index contributed by atoms with van der Waals surface area (Å²) in [5, 5.41) is 12.6. The lowest BCUT2D eigenvalue weighted by Crippen LogP contribution is -2.38. The molecule has 0 spiro atoms. The summed E-state index contributed by atoms with van der Waals surface area (Å²) in [6.45, 7) is 3.85. The second-order valence-corrected chi connectivity index (χ2v) is 6.08. The largest absolute Gasteiger partial charge is 0.393 e. The van der Waals surface area contributed by atoms with Gasteiger partial charge in [-0.2, -0.15) is 0 Å². The second-order valence-electron chi connectivity index (χ2n) is 6.08. The number of hydrogen-bond donors (Lipinski definition) is 2. The van der Waals surface area contributed by atoms with Gasteiger partial charge in [0.25, 0.3) is 5.91 Å². The predicted molar refractivity (Wildman–Crippen MR) is 84.7 cm³/mol. The van der Waals surface area contributed by atoms with Gasteiger partial charge in [-0.3, -0.25) is 4.79 Å². The number of aliphatic hydroxyl groups is 1. The Balaban J connectivity index is 1.77. The lowest BCUT2D eigenvalue weighted by Gasteiger charge is -2.26. The molecule has 1 fully saturated rings. The van der Waals surface area contributed by atoms with Crippen molar-refractivity contribution in [2.45, 2.75) is 51.7 Å². The molecular weight excluding hydrogens is 278 g/mol. The SMILES string of the molecule is Cc1nc2ccc(C(=O)NC3CCC(O)CC3)cc2nc1C. The molecular formula is C17H21N3O2. The molecule has 1 heterocycles. The van der Waals surface area contributed by atoms with Crippen molar-refractivity contribution in [2.75, 3.05) is 0 Å². The number of carbonyl (C=O) groups is 1. The van der Waals surface area contributed by atoms with Crippen LogP contribution in [0.4, 0.5) is 0 Å². The Labute approximate surface area is 129 Å². The highest BCUT2D eigenvalue weighted by Gasteiger charge is 2.21. The molecule has 1 aromatic carbocycles. The molecule has 1 aliphatic carbocycles. The van der Waals surface area contributed by atoms with Crippen molar-refractivity contribution in [1.82, 2.24) is 15.3 Å². The number of rotatable bonds is 2. The number of aliphatic hydroxyl groups excluding tert-OH is 1. The maximum Gasteiger partial charge on any atom is 0.251 e. The second kappa shape index (κ2) is 6.01. The summed E-state index contributed by atoms with van der Waals surface area (Å²) >= 11 is 0. The zero-order valence-corrected chi connectivity index (χ0v) is 13.0. The zero-order chi connectivity index (χ0) is 15.7. The van der Waals surface area contributed by atoms with E-state index in [1.165, 1.54) is 0 Å². The van der Waals surface area contributed by atoms with Gasteiger partial charge in [-0.1, -0.05) is 0 Å². The summed E-state index contributed by atoms with van der Waals surface area (Å²) in [6.07, 6.45) is 2.96. The Morgan fingerprint density at radius 2 is 1.73 bits per heavy atom. The molecule has 0 saturated heterocycles. The molecule has 0 atom stereocenters. The molecule has 1 saturated carbocycles. The van der Waals surface area contributed by atoms with Gasteiger partial charge in [-0.25, -0.2) is 9.97 Å². The van der Waals surface area contributed by atoms with Gasteiger partial charge in [-0.15, -0.1) is 0 Å². The number of carbonyl (C=O) groups excluding carboxylic acids is 1. The maximum atomic E-state index is 12.4. The minimum absolute atomic E-state index is 0.0803. The Bertz CT molecular complexity index is 706. The monoisotopic (exact) mass is 299 g/mol. The van der Waals surface area contributed by atoms with Gasteiger partial charge < -0.3 is 10.4 Å². The van der Waals surface area contributed by atoms with Gasteiger partial charge in [0, 0.05) is 11.6 Å². The van der Waals surface area contributed by atoms with Crippen LogP contribution in [0.15, 0.2) is 18.2 Å². The third kappa shape index (κ3) is 3.09. The average molecular weight is 299 g/mol. The molecule has 0 aliphatic heterocycles. The number of amides is 1. The Hall–Kier alpha value is -2.01. The third-order valence-corrected chi connectivity index (χ3v) is 4.37. The molecule has 116 valence electrons. The lowest BCUT2D eigenvalue weighted by molar-refractivity contribution is 0.0868. The summed E-state index contributed by atoms with van der Waals surface area (Å²) < 4.78 is 0. The summed E-state index contributed by atoms with van der Waals surface area (Å²) in [7, 11) is 0. The molecule has 22 heavy (non-hydrogen) atoms. The highest BCUT2D eigenvalue weighted by molar-refractivity contribution is 5.97. The standard InChI is InChI=1S/C17H21N3O2/c1-10-11(2)19-16-9-12(3-8-15(16)18-10)17(22)20-13-4-6-14(21)7-5-13/h3,8-9,13-14,21H,4-7H2,1-2H3,(H,20,22). The van der Waals surface area contributed by atoms with E-state index in [0.29, 0.717) is 5.56 Å². The van der Waals surface area contributed by atoms with Crippen LogP contribution in [-0.2, 0) is 0 Å². The van der Waals surface area contributed by atoms with E-state index in [-0.39, 0.29) is 18.1 Å². The summed E-state index contributed by atoms with van der Waals surface area (Å²) in [5.74, 6) is -0.0803. The van der Waals surface area contributed by atoms with E-state index < -0.39 is 0 Å². The first kappa shape index (κ1) is 14.9. The topological polar surface area (TPSA) is 75.1 Å². The minimum atomic E-state index is -0.213.